The number of aromatic nitrogens is 2. The first-order chi connectivity index (χ1) is 13.3. The number of thiazole rings is 1. The van der Waals surface area contributed by atoms with Gasteiger partial charge in [0, 0.05) is 28.7 Å². The number of benzene rings is 2. The highest BCUT2D eigenvalue weighted by molar-refractivity contribution is 7.13. The molecule has 0 saturated heterocycles. The summed E-state index contributed by atoms with van der Waals surface area (Å²) in [5, 5.41) is 5.66. The minimum absolute atomic E-state index is 0.915. The van der Waals surface area contributed by atoms with E-state index in [9.17, 15) is 0 Å². The molecular formula is C23H22N2OS. The Morgan fingerprint density at radius 2 is 1.78 bits per heavy atom. The Morgan fingerprint density at radius 1 is 0.926 bits per heavy atom. The summed E-state index contributed by atoms with van der Waals surface area (Å²) in [4.78, 5) is 9.01. The first-order valence-corrected chi connectivity index (χ1v) is 10.1. The molecule has 0 aliphatic carbocycles. The molecule has 0 bridgehead atoms. The Balaban J connectivity index is 1.33. The zero-order valence-corrected chi connectivity index (χ0v) is 16.2. The molecule has 0 aliphatic heterocycles. The first kappa shape index (κ1) is 17.7. The van der Waals surface area contributed by atoms with E-state index in [4.69, 9.17) is 9.72 Å². The lowest BCUT2D eigenvalue weighted by Crippen LogP contribution is -1.90. The monoisotopic (exact) mass is 374 g/mol. The zero-order valence-electron chi connectivity index (χ0n) is 15.4. The van der Waals surface area contributed by atoms with Crippen LogP contribution in [0.1, 0.15) is 24.1 Å². The molecule has 0 spiro atoms. The van der Waals surface area contributed by atoms with E-state index >= 15 is 0 Å². The quantitative estimate of drug-likeness (QED) is 0.376. The first-order valence-electron chi connectivity index (χ1n) is 9.23. The van der Waals surface area contributed by atoms with E-state index in [0.29, 0.717) is 0 Å². The predicted octanol–water partition coefficient (Wildman–Crippen LogP) is 5.93. The number of hydrogen-bond donors (Lipinski definition) is 0. The summed E-state index contributed by atoms with van der Waals surface area (Å²) in [5.74, 6) is 0.915. The highest BCUT2D eigenvalue weighted by atomic mass is 32.1. The van der Waals surface area contributed by atoms with Crippen molar-refractivity contribution in [2.75, 3.05) is 7.11 Å². The number of methoxy groups -OCH3 is 1. The minimum atomic E-state index is 0.915. The van der Waals surface area contributed by atoms with Gasteiger partial charge in [-0.05, 0) is 60.9 Å². The van der Waals surface area contributed by atoms with Gasteiger partial charge in [0.25, 0.3) is 0 Å². The predicted molar refractivity (Wildman–Crippen MR) is 112 cm³/mol. The van der Waals surface area contributed by atoms with Gasteiger partial charge in [-0.1, -0.05) is 24.3 Å². The van der Waals surface area contributed by atoms with Gasteiger partial charge in [-0.3, -0.25) is 4.98 Å². The Bertz CT molecular complexity index is 1020. The van der Waals surface area contributed by atoms with E-state index in [1.807, 2.05) is 30.6 Å². The van der Waals surface area contributed by atoms with Crippen molar-refractivity contribution in [1.29, 1.82) is 0 Å². The van der Waals surface area contributed by atoms with Gasteiger partial charge in [0.1, 0.15) is 10.8 Å². The molecule has 2 aromatic heterocycles. The summed E-state index contributed by atoms with van der Waals surface area (Å²) in [5.41, 5.74) is 3.74. The minimum Gasteiger partial charge on any atom is -0.497 e. The molecule has 2 heterocycles. The van der Waals surface area contributed by atoms with Crippen molar-refractivity contribution < 1.29 is 4.74 Å². The molecule has 2 aromatic carbocycles. The number of aryl methyl sites for hydroxylation is 2. The number of pyridine rings is 1. The SMILES string of the molecule is COc1ccc(CCCCc2csc(-c3ccc4cnccc4c3)n2)cc1. The number of hydrogen-bond acceptors (Lipinski definition) is 4. The molecule has 4 heteroatoms. The molecule has 0 unspecified atom stereocenters. The van der Waals surface area contributed by atoms with Gasteiger partial charge in [-0.25, -0.2) is 4.98 Å². The zero-order chi connectivity index (χ0) is 18.5. The molecule has 4 aromatic rings. The standard InChI is InChI=1S/C23H22N2OS/c1-26-22-10-6-17(7-11-22)4-2-3-5-21-16-27-23(25-21)19-8-9-20-15-24-13-12-18(20)14-19/h6-16H,2-5H2,1H3. The summed E-state index contributed by atoms with van der Waals surface area (Å²) in [6.07, 6.45) is 8.18. The van der Waals surface area contributed by atoms with Gasteiger partial charge >= 0.3 is 0 Å². The van der Waals surface area contributed by atoms with E-state index in [2.05, 4.69) is 40.7 Å². The summed E-state index contributed by atoms with van der Waals surface area (Å²) in [6, 6.07) is 16.9. The van der Waals surface area contributed by atoms with E-state index in [0.717, 1.165) is 35.4 Å². The molecule has 136 valence electrons. The largest absolute Gasteiger partial charge is 0.497 e. The van der Waals surface area contributed by atoms with E-state index in [1.54, 1.807) is 18.4 Å². The third-order valence-corrected chi connectivity index (χ3v) is 5.69. The normalized spacial score (nSPS) is 11.0. The van der Waals surface area contributed by atoms with Gasteiger partial charge in [-0.15, -0.1) is 11.3 Å². The number of fused-ring (bicyclic) bond motifs is 1. The maximum Gasteiger partial charge on any atom is 0.123 e. The van der Waals surface area contributed by atoms with Crippen LogP contribution in [0.5, 0.6) is 5.75 Å². The fraction of sp³-hybridized carbons (Fsp3) is 0.217. The Morgan fingerprint density at radius 3 is 2.63 bits per heavy atom. The Labute approximate surface area is 163 Å². The van der Waals surface area contributed by atoms with Crippen LogP contribution in [-0.2, 0) is 12.8 Å². The Hall–Kier alpha value is -2.72. The lowest BCUT2D eigenvalue weighted by atomic mass is 10.1. The van der Waals surface area contributed by atoms with Gasteiger partial charge < -0.3 is 4.74 Å². The Kier molecular flexibility index (Phi) is 5.45. The van der Waals surface area contributed by atoms with Crippen LogP contribution in [0, 0.1) is 0 Å². The van der Waals surface area contributed by atoms with Crippen molar-refractivity contribution >= 4 is 22.1 Å². The third kappa shape index (κ3) is 4.34. The van der Waals surface area contributed by atoms with Gasteiger partial charge in [0.2, 0.25) is 0 Å². The highest BCUT2D eigenvalue weighted by Gasteiger charge is 2.06. The number of unbranched alkanes of at least 4 members (excludes halogenated alkanes) is 1. The fourth-order valence-corrected chi connectivity index (χ4v) is 4.05. The molecule has 27 heavy (non-hydrogen) atoms. The second kappa shape index (κ2) is 8.31. The summed E-state index contributed by atoms with van der Waals surface area (Å²) < 4.78 is 5.20. The molecule has 0 aliphatic rings. The van der Waals surface area contributed by atoms with Crippen molar-refractivity contribution in [2.45, 2.75) is 25.7 Å². The summed E-state index contributed by atoms with van der Waals surface area (Å²) in [6.45, 7) is 0. The smallest absolute Gasteiger partial charge is 0.123 e. The lowest BCUT2D eigenvalue weighted by Gasteiger charge is -2.03. The van der Waals surface area contributed by atoms with Crippen LogP contribution in [0.4, 0.5) is 0 Å². The summed E-state index contributed by atoms with van der Waals surface area (Å²) in [7, 11) is 1.70. The maximum atomic E-state index is 5.20. The van der Waals surface area contributed by atoms with Crippen LogP contribution in [0.2, 0.25) is 0 Å². The van der Waals surface area contributed by atoms with E-state index in [1.165, 1.54) is 28.6 Å². The van der Waals surface area contributed by atoms with Crippen molar-refractivity contribution in [1.82, 2.24) is 9.97 Å². The number of nitrogens with zero attached hydrogens (tertiary/aromatic N) is 2. The van der Waals surface area contributed by atoms with Gasteiger partial charge in [0.15, 0.2) is 0 Å². The average molecular weight is 375 g/mol. The topological polar surface area (TPSA) is 35.0 Å². The molecular weight excluding hydrogens is 352 g/mol. The van der Waals surface area contributed by atoms with Crippen molar-refractivity contribution in [2.24, 2.45) is 0 Å². The summed E-state index contributed by atoms with van der Waals surface area (Å²) >= 11 is 1.73. The number of ether oxygens (including phenoxy) is 1. The molecule has 0 fully saturated rings. The molecule has 0 amide bonds. The van der Waals surface area contributed by atoms with Crippen molar-refractivity contribution in [3.05, 3.63) is 77.6 Å². The fourth-order valence-electron chi connectivity index (χ4n) is 3.20. The maximum absolute atomic E-state index is 5.20. The second-order valence-electron chi connectivity index (χ2n) is 6.64. The molecule has 3 nitrogen and oxygen atoms in total. The van der Waals surface area contributed by atoms with Crippen LogP contribution >= 0.6 is 11.3 Å². The van der Waals surface area contributed by atoms with E-state index in [-0.39, 0.29) is 0 Å². The van der Waals surface area contributed by atoms with Gasteiger partial charge in [-0.2, -0.15) is 0 Å². The highest BCUT2D eigenvalue weighted by Crippen LogP contribution is 2.27. The van der Waals surface area contributed by atoms with Gasteiger partial charge in [0.05, 0.1) is 12.8 Å². The van der Waals surface area contributed by atoms with Crippen LogP contribution in [0.3, 0.4) is 0 Å². The molecule has 0 N–H and O–H groups in total. The van der Waals surface area contributed by atoms with Crippen LogP contribution < -0.4 is 4.74 Å². The van der Waals surface area contributed by atoms with Crippen molar-refractivity contribution in [3.8, 4) is 16.3 Å². The number of rotatable bonds is 7. The average Bonchev–Trinajstić information content (AvgIpc) is 3.20. The van der Waals surface area contributed by atoms with Crippen molar-refractivity contribution in [3.63, 3.8) is 0 Å². The van der Waals surface area contributed by atoms with Crippen LogP contribution in [0.15, 0.2) is 66.3 Å². The third-order valence-electron chi connectivity index (χ3n) is 4.75. The van der Waals surface area contributed by atoms with Crippen LogP contribution in [-0.4, -0.2) is 17.1 Å². The molecule has 4 rings (SSSR count). The molecule has 0 atom stereocenters. The molecule has 0 radical (unpaired) electrons. The van der Waals surface area contributed by atoms with Crippen LogP contribution in [0.25, 0.3) is 21.3 Å². The second-order valence-corrected chi connectivity index (χ2v) is 7.49. The molecule has 0 saturated carbocycles. The van der Waals surface area contributed by atoms with E-state index < -0.39 is 0 Å². The lowest BCUT2D eigenvalue weighted by molar-refractivity contribution is 0.414.